The lowest BCUT2D eigenvalue weighted by Gasteiger charge is -2.32. The number of hydrogen-bond acceptors (Lipinski definition) is 2. The van der Waals surface area contributed by atoms with Gasteiger partial charge < -0.3 is 15.5 Å². The van der Waals surface area contributed by atoms with Crippen molar-refractivity contribution in [2.45, 2.75) is 31.3 Å². The van der Waals surface area contributed by atoms with Crippen LogP contribution in [0.3, 0.4) is 0 Å². The van der Waals surface area contributed by atoms with E-state index in [4.69, 9.17) is 0 Å². The fourth-order valence-corrected chi connectivity index (χ4v) is 4.28. The van der Waals surface area contributed by atoms with E-state index in [0.717, 1.165) is 25.8 Å². The molecule has 27 heavy (non-hydrogen) atoms. The number of urea groups is 1. The maximum absolute atomic E-state index is 12.5. The van der Waals surface area contributed by atoms with E-state index in [-0.39, 0.29) is 24.0 Å². The van der Waals surface area contributed by atoms with Crippen molar-refractivity contribution in [3.8, 4) is 0 Å². The van der Waals surface area contributed by atoms with E-state index in [1.54, 1.807) is 0 Å². The Morgan fingerprint density at radius 1 is 0.963 bits per heavy atom. The summed E-state index contributed by atoms with van der Waals surface area (Å²) in [5, 5.41) is 6.19. The average molecular weight is 363 g/mol. The number of rotatable bonds is 5. The first-order valence-corrected chi connectivity index (χ1v) is 9.65. The average Bonchev–Trinajstić information content (AvgIpc) is 3.30. The van der Waals surface area contributed by atoms with Crippen molar-refractivity contribution >= 4 is 11.9 Å². The predicted molar refractivity (Wildman–Crippen MR) is 104 cm³/mol. The lowest BCUT2D eigenvalue weighted by atomic mass is 10.0. The third kappa shape index (κ3) is 3.97. The Bertz CT molecular complexity index is 794. The van der Waals surface area contributed by atoms with Gasteiger partial charge in [-0.25, -0.2) is 4.79 Å². The molecule has 1 aliphatic carbocycles. The zero-order chi connectivity index (χ0) is 18.6. The Morgan fingerprint density at radius 2 is 1.67 bits per heavy atom. The summed E-state index contributed by atoms with van der Waals surface area (Å²) in [5.41, 5.74) is 1.92. The van der Waals surface area contributed by atoms with E-state index in [1.807, 2.05) is 53.4 Å². The molecule has 0 aromatic heterocycles. The van der Waals surface area contributed by atoms with Gasteiger partial charge in [-0.15, -0.1) is 0 Å². The van der Waals surface area contributed by atoms with Crippen LogP contribution in [0.15, 0.2) is 60.7 Å². The molecule has 1 saturated carbocycles. The van der Waals surface area contributed by atoms with Gasteiger partial charge in [0.15, 0.2) is 0 Å². The summed E-state index contributed by atoms with van der Waals surface area (Å²) in [5.74, 6) is 0.328. The van der Waals surface area contributed by atoms with Crippen LogP contribution in [0.25, 0.3) is 0 Å². The Hall–Kier alpha value is -2.82. The van der Waals surface area contributed by atoms with Crippen LogP contribution in [0.5, 0.6) is 0 Å². The molecule has 2 N–H and O–H groups in total. The summed E-state index contributed by atoms with van der Waals surface area (Å²) in [6.07, 6.45) is 2.66. The number of carbonyl (C=O) groups excluding carboxylic acids is 2. The molecule has 3 unspecified atom stereocenters. The zero-order valence-electron chi connectivity index (χ0n) is 15.3. The Kier molecular flexibility index (Phi) is 5.10. The molecule has 2 aromatic rings. The highest BCUT2D eigenvalue weighted by atomic mass is 16.2. The Labute approximate surface area is 159 Å². The van der Waals surface area contributed by atoms with E-state index in [1.165, 1.54) is 5.56 Å². The van der Waals surface area contributed by atoms with E-state index >= 15 is 0 Å². The van der Waals surface area contributed by atoms with Gasteiger partial charge in [0.2, 0.25) is 0 Å². The molecule has 5 nitrogen and oxygen atoms in total. The number of hydrogen-bond donors (Lipinski definition) is 2. The molecule has 140 valence electrons. The molecule has 1 saturated heterocycles. The van der Waals surface area contributed by atoms with Gasteiger partial charge >= 0.3 is 6.03 Å². The monoisotopic (exact) mass is 363 g/mol. The summed E-state index contributed by atoms with van der Waals surface area (Å²) in [4.78, 5) is 26.8. The van der Waals surface area contributed by atoms with Crippen LogP contribution in [0.4, 0.5) is 4.79 Å². The second kappa shape index (κ2) is 7.82. The molecule has 2 fully saturated rings. The third-order valence-electron chi connectivity index (χ3n) is 5.69. The number of amides is 3. The quantitative estimate of drug-likeness (QED) is 0.858. The van der Waals surface area contributed by atoms with Gasteiger partial charge in [-0.3, -0.25) is 4.79 Å². The van der Waals surface area contributed by atoms with Crippen molar-refractivity contribution in [2.24, 2.45) is 5.92 Å². The number of nitrogens with zero attached hydrogens (tertiary/aromatic N) is 1. The third-order valence-corrected chi connectivity index (χ3v) is 5.69. The van der Waals surface area contributed by atoms with Crippen LogP contribution in [0, 0.1) is 5.92 Å². The van der Waals surface area contributed by atoms with Gasteiger partial charge in [0, 0.05) is 30.7 Å². The van der Waals surface area contributed by atoms with Crippen LogP contribution < -0.4 is 10.6 Å². The highest BCUT2D eigenvalue weighted by Crippen LogP contribution is 2.37. The number of piperidine rings is 1. The van der Waals surface area contributed by atoms with Gasteiger partial charge in [0.05, 0.1) is 0 Å². The maximum atomic E-state index is 12.5. The number of likely N-dealkylation sites (tertiary alicyclic amines) is 1. The molecule has 5 heteroatoms. The van der Waals surface area contributed by atoms with Gasteiger partial charge in [0.1, 0.15) is 0 Å². The van der Waals surface area contributed by atoms with Gasteiger partial charge in [-0.1, -0.05) is 48.5 Å². The molecule has 1 aliphatic heterocycles. The van der Waals surface area contributed by atoms with Crippen molar-refractivity contribution in [2.75, 3.05) is 13.1 Å². The van der Waals surface area contributed by atoms with Crippen molar-refractivity contribution in [1.29, 1.82) is 0 Å². The minimum Gasteiger partial charge on any atom is -0.349 e. The normalized spacial score (nSPS) is 23.3. The van der Waals surface area contributed by atoms with E-state index in [0.29, 0.717) is 18.0 Å². The van der Waals surface area contributed by atoms with E-state index in [9.17, 15) is 9.59 Å². The van der Waals surface area contributed by atoms with Crippen molar-refractivity contribution in [3.05, 3.63) is 71.8 Å². The van der Waals surface area contributed by atoms with E-state index < -0.39 is 0 Å². The van der Waals surface area contributed by atoms with Gasteiger partial charge in [0.25, 0.3) is 5.91 Å². The fourth-order valence-electron chi connectivity index (χ4n) is 4.28. The first kappa shape index (κ1) is 17.6. The largest absolute Gasteiger partial charge is 0.349 e. The summed E-state index contributed by atoms with van der Waals surface area (Å²) >= 11 is 0. The first-order chi connectivity index (χ1) is 13.2. The van der Waals surface area contributed by atoms with Crippen LogP contribution in [0.1, 0.15) is 28.8 Å². The second-order valence-electron chi connectivity index (χ2n) is 7.45. The summed E-state index contributed by atoms with van der Waals surface area (Å²) in [7, 11) is 0. The molecule has 3 atom stereocenters. The van der Waals surface area contributed by atoms with Crippen molar-refractivity contribution < 1.29 is 9.59 Å². The highest BCUT2D eigenvalue weighted by molar-refractivity contribution is 5.94. The molecule has 1 heterocycles. The molecule has 0 spiro atoms. The van der Waals surface area contributed by atoms with Crippen molar-refractivity contribution in [1.82, 2.24) is 15.5 Å². The molecule has 2 aliphatic rings. The second-order valence-corrected chi connectivity index (χ2v) is 7.45. The maximum Gasteiger partial charge on any atom is 0.317 e. The molecule has 3 amide bonds. The lowest BCUT2D eigenvalue weighted by Crippen LogP contribution is -2.50. The summed E-state index contributed by atoms with van der Waals surface area (Å²) < 4.78 is 0. The number of benzene rings is 2. The summed E-state index contributed by atoms with van der Waals surface area (Å²) in [6, 6.07) is 19.9. The predicted octanol–water partition coefficient (Wildman–Crippen LogP) is 2.83. The van der Waals surface area contributed by atoms with E-state index in [2.05, 4.69) is 22.8 Å². The molecule has 0 radical (unpaired) electrons. The Morgan fingerprint density at radius 3 is 2.33 bits per heavy atom. The molecule has 2 aromatic carbocycles. The molecule has 2 bridgehead atoms. The lowest BCUT2D eigenvalue weighted by molar-refractivity contribution is 0.0913. The first-order valence-electron chi connectivity index (χ1n) is 9.65. The molecular formula is C22H25N3O2. The fraction of sp³-hybridized carbons (Fsp3) is 0.364. The minimum atomic E-state index is -0.0213. The SMILES string of the molecule is O=C(NC1CC2CC1CN2C(=O)NCCc1ccccc1)c1ccccc1. The van der Waals surface area contributed by atoms with Crippen LogP contribution in [0.2, 0.25) is 0 Å². The summed E-state index contributed by atoms with van der Waals surface area (Å²) in [6.45, 7) is 1.37. The molecule has 4 rings (SSSR count). The number of nitrogens with one attached hydrogen (secondary N) is 2. The highest BCUT2D eigenvalue weighted by Gasteiger charge is 2.46. The zero-order valence-corrected chi connectivity index (χ0v) is 15.3. The van der Waals surface area contributed by atoms with Gasteiger partial charge in [-0.2, -0.15) is 0 Å². The van der Waals surface area contributed by atoms with Crippen LogP contribution in [-0.4, -0.2) is 42.0 Å². The standard InChI is InChI=1S/C22H25N3O2/c26-21(17-9-5-2-6-10-17)24-20-14-19-13-18(20)15-25(19)22(27)23-12-11-16-7-3-1-4-8-16/h1-10,18-20H,11-15H2,(H,23,27)(H,24,26). The van der Waals surface area contributed by atoms with Gasteiger partial charge in [-0.05, 0) is 42.9 Å². The molecular weight excluding hydrogens is 338 g/mol. The number of fused-ring (bicyclic) bond motifs is 2. The smallest absolute Gasteiger partial charge is 0.317 e. The topological polar surface area (TPSA) is 61.4 Å². The Balaban J connectivity index is 1.24. The van der Waals surface area contributed by atoms with Crippen molar-refractivity contribution in [3.63, 3.8) is 0 Å². The van der Waals surface area contributed by atoms with Crippen LogP contribution in [-0.2, 0) is 6.42 Å². The van der Waals surface area contributed by atoms with Crippen LogP contribution >= 0.6 is 0 Å². The minimum absolute atomic E-state index is 0.0197. The number of carbonyl (C=O) groups is 2.